The van der Waals surface area contributed by atoms with Gasteiger partial charge in [0.15, 0.2) is 17.3 Å². The maximum Gasteiger partial charge on any atom is 0.340 e. The Balaban J connectivity index is 2.16. The highest BCUT2D eigenvalue weighted by Gasteiger charge is 2.43. The largest absolute Gasteiger partial charge is 0.449 e. The van der Waals surface area contributed by atoms with Gasteiger partial charge in [-0.15, -0.1) is 0 Å². The van der Waals surface area contributed by atoms with Crippen LogP contribution in [0.2, 0.25) is 0 Å². The minimum absolute atomic E-state index is 0.133. The lowest BCUT2D eigenvalue weighted by Gasteiger charge is -2.19. The smallest absolute Gasteiger partial charge is 0.340 e. The van der Waals surface area contributed by atoms with Crippen molar-refractivity contribution in [2.45, 2.75) is 58.9 Å². The van der Waals surface area contributed by atoms with Gasteiger partial charge >= 0.3 is 5.97 Å². The average molecular weight is 282 g/mol. The summed E-state index contributed by atoms with van der Waals surface area (Å²) in [6.07, 6.45) is -0.948. The van der Waals surface area contributed by atoms with E-state index in [2.05, 4.69) is 9.98 Å². The molecule has 0 aromatic heterocycles. The zero-order valence-electron chi connectivity index (χ0n) is 12.8. The van der Waals surface area contributed by atoms with E-state index in [0.717, 1.165) is 0 Å². The Morgan fingerprint density at radius 2 is 1.65 bits per heavy atom. The highest BCUT2D eigenvalue weighted by Crippen LogP contribution is 2.31. The Morgan fingerprint density at radius 3 is 2.05 bits per heavy atom. The maximum absolute atomic E-state index is 11.7. The second-order valence-corrected chi connectivity index (χ2v) is 6.55. The van der Waals surface area contributed by atoms with E-state index in [1.54, 1.807) is 27.7 Å². The molecule has 0 bridgehead atoms. The number of aliphatic imine (C=N–C) groups is 2. The summed E-state index contributed by atoms with van der Waals surface area (Å²) in [5.41, 5.74) is -1.49. The number of hydrogen-bond acceptors (Lipinski definition) is 6. The SMILES string of the molecule is CC(C1=NC(C)(C)C(=O)O1)C(C)C1=NC(C)(C)C(O)O1. The number of ether oxygens (including phenoxy) is 2. The molecule has 112 valence electrons. The van der Waals surface area contributed by atoms with Gasteiger partial charge in [0.1, 0.15) is 5.54 Å². The Bertz CT molecular complexity index is 493. The van der Waals surface area contributed by atoms with Gasteiger partial charge in [-0.05, 0) is 27.7 Å². The first-order chi connectivity index (χ1) is 9.04. The third-order valence-corrected chi connectivity index (χ3v) is 3.85. The molecule has 3 atom stereocenters. The normalized spacial score (nSPS) is 30.1. The van der Waals surface area contributed by atoms with Crippen LogP contribution in [0.15, 0.2) is 9.98 Å². The molecule has 2 heterocycles. The first-order valence-corrected chi connectivity index (χ1v) is 6.81. The van der Waals surface area contributed by atoms with Crippen LogP contribution in [0.3, 0.4) is 0 Å². The minimum Gasteiger partial charge on any atom is -0.449 e. The van der Waals surface area contributed by atoms with Crippen LogP contribution in [0.4, 0.5) is 0 Å². The average Bonchev–Trinajstić information content (AvgIpc) is 2.75. The number of carbonyl (C=O) groups excluding carboxylic acids is 1. The molecular weight excluding hydrogens is 260 g/mol. The fourth-order valence-electron chi connectivity index (χ4n) is 2.02. The second-order valence-electron chi connectivity index (χ2n) is 6.55. The van der Waals surface area contributed by atoms with Crippen molar-refractivity contribution < 1.29 is 19.4 Å². The molecule has 0 fully saturated rings. The lowest BCUT2D eigenvalue weighted by Crippen LogP contribution is -2.31. The summed E-state index contributed by atoms with van der Waals surface area (Å²) in [6, 6.07) is 0. The monoisotopic (exact) mass is 282 g/mol. The van der Waals surface area contributed by atoms with Crippen LogP contribution in [0.5, 0.6) is 0 Å². The summed E-state index contributed by atoms with van der Waals surface area (Å²) in [7, 11) is 0. The van der Waals surface area contributed by atoms with Crippen LogP contribution in [0, 0.1) is 11.8 Å². The van der Waals surface area contributed by atoms with Gasteiger partial charge in [0, 0.05) is 11.8 Å². The van der Waals surface area contributed by atoms with E-state index < -0.39 is 17.4 Å². The van der Waals surface area contributed by atoms with Crippen molar-refractivity contribution >= 4 is 17.8 Å². The van der Waals surface area contributed by atoms with Crippen molar-refractivity contribution in [3.63, 3.8) is 0 Å². The Hall–Kier alpha value is -1.43. The molecule has 2 rings (SSSR count). The van der Waals surface area contributed by atoms with Gasteiger partial charge < -0.3 is 14.6 Å². The number of aliphatic hydroxyl groups excluding tert-OH is 1. The van der Waals surface area contributed by atoms with Crippen LogP contribution < -0.4 is 0 Å². The number of cyclic esters (lactones) is 1. The molecule has 0 saturated heterocycles. The van der Waals surface area contributed by atoms with Crippen LogP contribution >= 0.6 is 0 Å². The van der Waals surface area contributed by atoms with E-state index in [0.29, 0.717) is 11.8 Å². The lowest BCUT2D eigenvalue weighted by atomic mass is 9.95. The predicted octanol–water partition coefficient (Wildman–Crippen LogP) is 1.52. The van der Waals surface area contributed by atoms with Crippen molar-refractivity contribution in [1.29, 1.82) is 0 Å². The second kappa shape index (κ2) is 4.55. The lowest BCUT2D eigenvalue weighted by molar-refractivity contribution is -0.138. The van der Waals surface area contributed by atoms with Crippen LogP contribution in [-0.2, 0) is 14.3 Å². The highest BCUT2D eigenvalue weighted by atomic mass is 16.6. The van der Waals surface area contributed by atoms with E-state index in [4.69, 9.17) is 9.47 Å². The number of hydrogen-bond donors (Lipinski definition) is 1. The fourth-order valence-corrected chi connectivity index (χ4v) is 2.02. The summed E-state index contributed by atoms with van der Waals surface area (Å²) >= 11 is 0. The number of aliphatic hydroxyl groups is 1. The summed E-state index contributed by atoms with van der Waals surface area (Å²) in [6.45, 7) is 10.9. The molecule has 0 aromatic rings. The molecule has 0 aromatic carbocycles. The molecule has 0 amide bonds. The van der Waals surface area contributed by atoms with Gasteiger partial charge in [-0.1, -0.05) is 13.8 Å². The molecule has 0 radical (unpaired) electrons. The maximum atomic E-state index is 11.7. The molecule has 2 aliphatic rings. The van der Waals surface area contributed by atoms with E-state index in [1.807, 2.05) is 13.8 Å². The van der Waals surface area contributed by atoms with Crippen molar-refractivity contribution in [2.75, 3.05) is 0 Å². The van der Waals surface area contributed by atoms with Crippen molar-refractivity contribution in [3.8, 4) is 0 Å². The van der Waals surface area contributed by atoms with Crippen LogP contribution in [-0.4, -0.2) is 40.2 Å². The standard InChI is InChI=1S/C14H22N2O4/c1-7(9-15-13(3,4)11(17)19-9)8(2)10-16-14(5,6)12(18)20-10/h7-8,11,17H,1-6H3. The third-order valence-electron chi connectivity index (χ3n) is 3.85. The van der Waals surface area contributed by atoms with Crippen molar-refractivity contribution in [2.24, 2.45) is 21.8 Å². The highest BCUT2D eigenvalue weighted by molar-refractivity contribution is 6.01. The van der Waals surface area contributed by atoms with E-state index in [1.165, 1.54) is 0 Å². The first-order valence-electron chi connectivity index (χ1n) is 6.81. The number of esters is 1. The molecule has 0 aliphatic carbocycles. The molecular formula is C14H22N2O4. The van der Waals surface area contributed by atoms with Gasteiger partial charge in [-0.2, -0.15) is 0 Å². The van der Waals surface area contributed by atoms with E-state index >= 15 is 0 Å². The van der Waals surface area contributed by atoms with Gasteiger partial charge in [-0.25, -0.2) is 14.8 Å². The molecule has 2 aliphatic heterocycles. The molecule has 3 unspecified atom stereocenters. The van der Waals surface area contributed by atoms with Crippen LogP contribution in [0.1, 0.15) is 41.5 Å². The summed E-state index contributed by atoms with van der Waals surface area (Å²) < 4.78 is 10.6. The summed E-state index contributed by atoms with van der Waals surface area (Å²) in [4.78, 5) is 20.4. The van der Waals surface area contributed by atoms with E-state index in [9.17, 15) is 9.90 Å². The van der Waals surface area contributed by atoms with Gasteiger partial charge in [0.25, 0.3) is 0 Å². The Labute approximate surface area is 118 Å². The zero-order valence-corrected chi connectivity index (χ0v) is 12.8. The molecule has 0 saturated carbocycles. The molecule has 0 spiro atoms. The minimum atomic E-state index is -0.948. The van der Waals surface area contributed by atoms with Gasteiger partial charge in [0.05, 0.1) is 0 Å². The Kier molecular flexibility index (Phi) is 3.40. The summed E-state index contributed by atoms with van der Waals surface area (Å²) in [5.74, 6) is 0.241. The quantitative estimate of drug-likeness (QED) is 0.796. The molecule has 20 heavy (non-hydrogen) atoms. The van der Waals surface area contributed by atoms with Gasteiger partial charge in [0.2, 0.25) is 6.29 Å². The molecule has 1 N–H and O–H groups in total. The van der Waals surface area contributed by atoms with Crippen LogP contribution in [0.25, 0.3) is 0 Å². The van der Waals surface area contributed by atoms with Crippen molar-refractivity contribution in [3.05, 3.63) is 0 Å². The zero-order chi connectivity index (χ0) is 15.3. The topological polar surface area (TPSA) is 80.5 Å². The predicted molar refractivity (Wildman–Crippen MR) is 74.5 cm³/mol. The number of rotatable bonds is 3. The number of carbonyl (C=O) groups is 1. The van der Waals surface area contributed by atoms with E-state index in [-0.39, 0.29) is 17.8 Å². The molecule has 6 nitrogen and oxygen atoms in total. The third kappa shape index (κ3) is 2.44. The number of nitrogens with zero attached hydrogens (tertiary/aromatic N) is 2. The summed E-state index contributed by atoms with van der Waals surface area (Å²) in [5, 5.41) is 9.80. The fraction of sp³-hybridized carbons (Fsp3) is 0.786. The Morgan fingerprint density at radius 1 is 1.10 bits per heavy atom. The van der Waals surface area contributed by atoms with Gasteiger partial charge in [-0.3, -0.25) is 0 Å². The molecule has 6 heteroatoms. The first kappa shape index (κ1) is 15.0. The van der Waals surface area contributed by atoms with Crippen molar-refractivity contribution in [1.82, 2.24) is 0 Å².